The zero-order valence-corrected chi connectivity index (χ0v) is 11.6. The van der Waals surface area contributed by atoms with Crippen molar-refractivity contribution in [3.63, 3.8) is 0 Å². The smallest absolute Gasteiger partial charge is 0.303 e. The maximum atomic E-state index is 10.5. The van der Waals surface area contributed by atoms with Gasteiger partial charge in [-0.2, -0.15) is 0 Å². The molecule has 1 aliphatic rings. The van der Waals surface area contributed by atoms with Gasteiger partial charge in [0.05, 0.1) is 0 Å². The first-order valence-corrected chi connectivity index (χ1v) is 7.20. The minimum atomic E-state index is -0.683. The van der Waals surface area contributed by atoms with Crippen molar-refractivity contribution in [3.8, 4) is 0 Å². The maximum absolute atomic E-state index is 10.5. The monoisotopic (exact) mass is 261 g/mol. The first-order chi connectivity index (χ1) is 9.18. The van der Waals surface area contributed by atoms with Crippen LogP contribution in [0.15, 0.2) is 24.3 Å². The van der Waals surface area contributed by atoms with Crippen LogP contribution in [0.3, 0.4) is 0 Å². The van der Waals surface area contributed by atoms with Crippen LogP contribution in [0, 0.1) is 6.92 Å². The number of benzene rings is 1. The molecule has 1 aliphatic heterocycles. The molecule has 104 valence electrons. The van der Waals surface area contributed by atoms with E-state index in [1.807, 2.05) is 0 Å². The molecule has 0 aromatic heterocycles. The van der Waals surface area contributed by atoms with Crippen molar-refractivity contribution >= 4 is 5.97 Å². The Morgan fingerprint density at radius 2 is 2.16 bits per heavy atom. The number of carboxylic acids is 1. The predicted molar refractivity (Wildman–Crippen MR) is 76.2 cm³/mol. The minimum absolute atomic E-state index is 0.295. The lowest BCUT2D eigenvalue weighted by molar-refractivity contribution is -0.137. The maximum Gasteiger partial charge on any atom is 0.303 e. The minimum Gasteiger partial charge on any atom is -0.481 e. The molecule has 1 atom stereocenters. The van der Waals surface area contributed by atoms with Crippen LogP contribution >= 0.6 is 0 Å². The number of unbranched alkanes of at least 4 members (excludes halogenated alkanes) is 1. The number of likely N-dealkylation sites (tertiary alicyclic amines) is 1. The Bertz CT molecular complexity index is 431. The Morgan fingerprint density at radius 1 is 1.37 bits per heavy atom. The Kier molecular flexibility index (Phi) is 4.97. The molecule has 3 heteroatoms. The standard InChI is InChI=1S/C16H23NO2/c1-13-7-2-3-8-14(13)15-9-6-12-17(15)11-5-4-10-16(18)19/h2-3,7-8,15H,4-6,9-12H2,1H3,(H,18,19). The summed E-state index contributed by atoms with van der Waals surface area (Å²) in [6, 6.07) is 9.14. The highest BCUT2D eigenvalue weighted by atomic mass is 16.4. The summed E-state index contributed by atoms with van der Waals surface area (Å²) in [7, 11) is 0. The van der Waals surface area contributed by atoms with Gasteiger partial charge in [0.15, 0.2) is 0 Å². The molecular weight excluding hydrogens is 238 g/mol. The van der Waals surface area contributed by atoms with Gasteiger partial charge in [0.25, 0.3) is 0 Å². The van der Waals surface area contributed by atoms with Crippen molar-refractivity contribution in [2.24, 2.45) is 0 Å². The highest BCUT2D eigenvalue weighted by molar-refractivity contribution is 5.66. The second kappa shape index (κ2) is 6.71. The van der Waals surface area contributed by atoms with Gasteiger partial charge in [0.2, 0.25) is 0 Å². The van der Waals surface area contributed by atoms with Crippen LogP contribution in [0.5, 0.6) is 0 Å². The van der Waals surface area contributed by atoms with Crippen LogP contribution in [-0.2, 0) is 4.79 Å². The van der Waals surface area contributed by atoms with Crippen molar-refractivity contribution in [1.29, 1.82) is 0 Å². The van der Waals surface area contributed by atoms with E-state index in [0.717, 1.165) is 25.9 Å². The van der Waals surface area contributed by atoms with E-state index in [-0.39, 0.29) is 0 Å². The Labute approximate surface area is 115 Å². The van der Waals surface area contributed by atoms with Gasteiger partial charge in [-0.25, -0.2) is 0 Å². The molecule has 0 bridgehead atoms. The first kappa shape index (κ1) is 14.1. The molecule has 2 rings (SSSR count). The predicted octanol–water partition coefficient (Wildman–Crippen LogP) is 3.39. The summed E-state index contributed by atoms with van der Waals surface area (Å²) in [5.74, 6) is -0.683. The normalized spacial score (nSPS) is 19.7. The molecule has 0 aliphatic carbocycles. The molecule has 1 N–H and O–H groups in total. The number of aliphatic carboxylic acids is 1. The van der Waals surface area contributed by atoms with E-state index in [1.165, 1.54) is 24.0 Å². The van der Waals surface area contributed by atoms with E-state index in [2.05, 4.69) is 36.1 Å². The zero-order valence-electron chi connectivity index (χ0n) is 11.6. The fourth-order valence-electron chi connectivity index (χ4n) is 3.00. The third kappa shape index (κ3) is 3.80. The van der Waals surface area contributed by atoms with Crippen LogP contribution in [-0.4, -0.2) is 29.1 Å². The lowest BCUT2D eigenvalue weighted by atomic mass is 9.99. The number of rotatable bonds is 6. The Hall–Kier alpha value is -1.35. The number of carboxylic acid groups (broad SMARTS) is 1. The van der Waals surface area contributed by atoms with Crippen LogP contribution in [0.1, 0.15) is 49.3 Å². The molecule has 3 nitrogen and oxygen atoms in total. The number of aryl methyl sites for hydroxylation is 1. The summed E-state index contributed by atoms with van der Waals surface area (Å²) in [5.41, 5.74) is 2.81. The summed E-state index contributed by atoms with van der Waals surface area (Å²) < 4.78 is 0. The molecule has 1 unspecified atom stereocenters. The van der Waals surface area contributed by atoms with E-state index < -0.39 is 5.97 Å². The van der Waals surface area contributed by atoms with Gasteiger partial charge < -0.3 is 5.11 Å². The molecule has 0 saturated carbocycles. The van der Waals surface area contributed by atoms with Gasteiger partial charge in [-0.05, 0) is 56.8 Å². The van der Waals surface area contributed by atoms with E-state index in [9.17, 15) is 4.79 Å². The average molecular weight is 261 g/mol. The Morgan fingerprint density at radius 3 is 2.89 bits per heavy atom. The molecule has 1 fully saturated rings. The van der Waals surface area contributed by atoms with Crippen LogP contribution in [0.25, 0.3) is 0 Å². The number of nitrogens with zero attached hydrogens (tertiary/aromatic N) is 1. The third-order valence-electron chi connectivity index (χ3n) is 4.00. The summed E-state index contributed by atoms with van der Waals surface area (Å²) in [4.78, 5) is 13.0. The van der Waals surface area contributed by atoms with Gasteiger partial charge in [-0.3, -0.25) is 9.69 Å². The lowest BCUT2D eigenvalue weighted by Gasteiger charge is -2.26. The van der Waals surface area contributed by atoms with Crippen molar-refractivity contribution in [2.75, 3.05) is 13.1 Å². The van der Waals surface area contributed by atoms with Crippen molar-refractivity contribution in [3.05, 3.63) is 35.4 Å². The molecule has 0 radical (unpaired) electrons. The summed E-state index contributed by atoms with van der Waals surface area (Å²) >= 11 is 0. The van der Waals surface area contributed by atoms with E-state index in [4.69, 9.17) is 5.11 Å². The number of carbonyl (C=O) groups is 1. The second-order valence-electron chi connectivity index (χ2n) is 5.40. The molecule has 0 amide bonds. The van der Waals surface area contributed by atoms with Gasteiger partial charge in [0.1, 0.15) is 0 Å². The summed E-state index contributed by atoms with van der Waals surface area (Å²) in [6.45, 7) is 4.34. The largest absolute Gasteiger partial charge is 0.481 e. The quantitative estimate of drug-likeness (QED) is 0.798. The van der Waals surface area contributed by atoms with E-state index in [1.54, 1.807) is 0 Å². The zero-order chi connectivity index (χ0) is 13.7. The molecule has 1 heterocycles. The summed E-state index contributed by atoms with van der Waals surface area (Å²) in [5, 5.41) is 8.66. The molecule has 1 aromatic carbocycles. The fraction of sp³-hybridized carbons (Fsp3) is 0.562. The number of hydrogen-bond acceptors (Lipinski definition) is 2. The van der Waals surface area contributed by atoms with Crippen molar-refractivity contribution in [2.45, 2.75) is 45.1 Å². The molecule has 0 spiro atoms. The Balaban J connectivity index is 1.90. The van der Waals surface area contributed by atoms with Crippen molar-refractivity contribution < 1.29 is 9.90 Å². The highest BCUT2D eigenvalue weighted by Crippen LogP contribution is 2.33. The van der Waals surface area contributed by atoms with E-state index in [0.29, 0.717) is 12.5 Å². The summed E-state index contributed by atoms with van der Waals surface area (Å²) in [6.07, 6.45) is 4.53. The average Bonchev–Trinajstić information content (AvgIpc) is 2.83. The lowest BCUT2D eigenvalue weighted by Crippen LogP contribution is -2.25. The topological polar surface area (TPSA) is 40.5 Å². The third-order valence-corrected chi connectivity index (χ3v) is 4.00. The molecular formula is C16H23NO2. The van der Waals surface area contributed by atoms with E-state index >= 15 is 0 Å². The van der Waals surface area contributed by atoms with Gasteiger partial charge in [-0.15, -0.1) is 0 Å². The molecule has 1 saturated heterocycles. The molecule has 1 aromatic rings. The number of hydrogen-bond donors (Lipinski definition) is 1. The first-order valence-electron chi connectivity index (χ1n) is 7.20. The highest BCUT2D eigenvalue weighted by Gasteiger charge is 2.26. The van der Waals surface area contributed by atoms with Gasteiger partial charge >= 0.3 is 5.97 Å². The molecule has 19 heavy (non-hydrogen) atoms. The van der Waals surface area contributed by atoms with Gasteiger partial charge in [-0.1, -0.05) is 24.3 Å². The fourth-order valence-corrected chi connectivity index (χ4v) is 3.00. The van der Waals surface area contributed by atoms with Crippen molar-refractivity contribution in [1.82, 2.24) is 4.90 Å². The second-order valence-corrected chi connectivity index (χ2v) is 5.40. The SMILES string of the molecule is Cc1ccccc1C1CCCN1CCCCC(=O)O. The van der Waals surface area contributed by atoms with Crippen LogP contribution in [0.2, 0.25) is 0 Å². The van der Waals surface area contributed by atoms with Gasteiger partial charge in [0, 0.05) is 12.5 Å². The van der Waals surface area contributed by atoms with Crippen LogP contribution in [0.4, 0.5) is 0 Å². The van der Waals surface area contributed by atoms with Crippen LogP contribution < -0.4 is 0 Å².